The molecule has 0 radical (unpaired) electrons. The largest absolute Gasteiger partial charge is 0.416 e. The summed E-state index contributed by atoms with van der Waals surface area (Å²) in [6.07, 6.45) is -3.43. The molecule has 0 N–H and O–H groups in total. The van der Waals surface area contributed by atoms with Crippen molar-refractivity contribution in [3.8, 4) is 17.8 Å². The third kappa shape index (κ3) is 2.80. The zero-order valence-electron chi connectivity index (χ0n) is 9.91. The third-order valence-electron chi connectivity index (χ3n) is 2.51. The molecule has 0 aliphatic rings. The van der Waals surface area contributed by atoms with Crippen LogP contribution < -0.4 is 0 Å². The van der Waals surface area contributed by atoms with Gasteiger partial charge < -0.3 is 0 Å². The highest BCUT2D eigenvalue weighted by atomic mass is 35.5. The first kappa shape index (κ1) is 15.2. The summed E-state index contributed by atoms with van der Waals surface area (Å²) in [5.41, 5.74) is -1.26. The molecule has 4 nitrogen and oxygen atoms in total. The molecule has 21 heavy (non-hydrogen) atoms. The fraction of sp³-hybridized carbons (Fsp3) is 0.0833. The van der Waals surface area contributed by atoms with Crippen LogP contribution in [0, 0.1) is 22.7 Å². The molecule has 0 amide bonds. The molecule has 0 aliphatic heterocycles. The average molecular weight is 331 g/mol. The van der Waals surface area contributed by atoms with Gasteiger partial charge in [0.2, 0.25) is 0 Å². The van der Waals surface area contributed by atoms with Crippen LogP contribution in [0.4, 0.5) is 13.2 Å². The molecule has 0 bridgehead atoms. The topological polar surface area (TPSA) is 65.4 Å². The first-order valence-electron chi connectivity index (χ1n) is 5.24. The van der Waals surface area contributed by atoms with Gasteiger partial charge in [-0.15, -0.1) is 0 Å². The van der Waals surface area contributed by atoms with Crippen LogP contribution in [-0.4, -0.2) is 9.78 Å². The number of benzene rings is 1. The predicted molar refractivity (Wildman–Crippen MR) is 68.0 cm³/mol. The van der Waals surface area contributed by atoms with Crippen LogP contribution in [0.25, 0.3) is 5.69 Å². The van der Waals surface area contributed by atoms with E-state index in [4.69, 9.17) is 33.7 Å². The number of hydrogen-bond acceptors (Lipinski definition) is 3. The predicted octanol–water partition coefficient (Wildman–Crippen LogP) is 3.94. The van der Waals surface area contributed by atoms with Crippen molar-refractivity contribution in [2.45, 2.75) is 6.18 Å². The molecule has 0 spiro atoms. The second-order valence-electron chi connectivity index (χ2n) is 3.85. The Kier molecular flexibility index (Phi) is 3.82. The quantitative estimate of drug-likeness (QED) is 0.795. The van der Waals surface area contributed by atoms with E-state index >= 15 is 0 Å². The highest BCUT2D eigenvalue weighted by molar-refractivity contribution is 6.37. The second-order valence-corrected chi connectivity index (χ2v) is 4.66. The monoisotopic (exact) mass is 330 g/mol. The Morgan fingerprint density at radius 1 is 1.10 bits per heavy atom. The van der Waals surface area contributed by atoms with E-state index in [1.807, 2.05) is 0 Å². The lowest BCUT2D eigenvalue weighted by Gasteiger charge is -2.12. The number of aromatic nitrogens is 2. The van der Waals surface area contributed by atoms with Crippen LogP contribution in [0.3, 0.4) is 0 Å². The highest BCUT2D eigenvalue weighted by Gasteiger charge is 2.32. The summed E-state index contributed by atoms with van der Waals surface area (Å²) in [4.78, 5) is 0. The van der Waals surface area contributed by atoms with Gasteiger partial charge in [0.05, 0.1) is 21.8 Å². The van der Waals surface area contributed by atoms with E-state index in [9.17, 15) is 13.2 Å². The minimum Gasteiger partial charge on any atom is -0.235 e. The van der Waals surface area contributed by atoms with Gasteiger partial charge in [0, 0.05) is 0 Å². The summed E-state index contributed by atoms with van der Waals surface area (Å²) in [7, 11) is 0. The molecular formula is C12H3Cl2F3N4. The minimum atomic E-state index is -4.59. The molecule has 1 aromatic carbocycles. The van der Waals surface area contributed by atoms with Gasteiger partial charge in [0.15, 0.2) is 5.69 Å². The Morgan fingerprint density at radius 3 is 2.05 bits per heavy atom. The zero-order valence-corrected chi connectivity index (χ0v) is 11.4. The maximum Gasteiger partial charge on any atom is 0.416 e. The van der Waals surface area contributed by atoms with Crippen LogP contribution >= 0.6 is 23.2 Å². The molecule has 2 aromatic rings. The first-order chi connectivity index (χ1) is 9.77. The van der Waals surface area contributed by atoms with Crippen molar-refractivity contribution in [1.29, 1.82) is 10.5 Å². The lowest BCUT2D eigenvalue weighted by molar-refractivity contribution is -0.137. The zero-order chi connectivity index (χ0) is 15.8. The van der Waals surface area contributed by atoms with Crippen LogP contribution in [0.15, 0.2) is 18.3 Å². The number of halogens is 5. The summed E-state index contributed by atoms with van der Waals surface area (Å²) in [5.74, 6) is 0. The molecule has 0 aliphatic carbocycles. The molecule has 9 heteroatoms. The molecule has 106 valence electrons. The van der Waals surface area contributed by atoms with Crippen molar-refractivity contribution in [3.05, 3.63) is 45.2 Å². The van der Waals surface area contributed by atoms with Gasteiger partial charge >= 0.3 is 6.18 Å². The van der Waals surface area contributed by atoms with Gasteiger partial charge in [-0.25, -0.2) is 4.68 Å². The van der Waals surface area contributed by atoms with Gasteiger partial charge in [-0.1, -0.05) is 23.2 Å². The second kappa shape index (κ2) is 5.28. The van der Waals surface area contributed by atoms with Crippen molar-refractivity contribution in [2.75, 3.05) is 0 Å². The lowest BCUT2D eigenvalue weighted by atomic mass is 10.2. The van der Waals surface area contributed by atoms with Crippen molar-refractivity contribution < 1.29 is 13.2 Å². The number of nitrogens with zero attached hydrogens (tertiary/aromatic N) is 4. The van der Waals surface area contributed by atoms with Gasteiger partial charge in [0.25, 0.3) is 0 Å². The average Bonchev–Trinajstić information content (AvgIpc) is 2.79. The lowest BCUT2D eigenvalue weighted by Crippen LogP contribution is -2.07. The summed E-state index contributed by atoms with van der Waals surface area (Å²) in [6.45, 7) is 0. The van der Waals surface area contributed by atoms with Crippen molar-refractivity contribution in [1.82, 2.24) is 9.78 Å². The molecule has 1 aromatic heterocycles. The van der Waals surface area contributed by atoms with E-state index in [0.717, 1.165) is 4.68 Å². The molecule has 0 saturated carbocycles. The summed E-state index contributed by atoms with van der Waals surface area (Å²) in [5, 5.41) is 20.8. The standard InChI is InChI=1S/C12H3Cl2F3N4/c13-8-1-7(12(15,16)17)2-9(14)11(8)21-5-6(3-18)10(4-19)20-21/h1-2,5H. The maximum atomic E-state index is 12.6. The maximum absolute atomic E-state index is 12.6. The SMILES string of the molecule is N#Cc1cn(-c2c(Cl)cc(C(F)(F)F)cc2Cl)nc1C#N. The summed E-state index contributed by atoms with van der Waals surface area (Å²) in [6, 6.07) is 4.82. The van der Waals surface area contributed by atoms with Gasteiger partial charge in [-0.05, 0) is 12.1 Å². The van der Waals surface area contributed by atoms with Gasteiger partial charge in [0.1, 0.15) is 23.4 Å². The van der Waals surface area contributed by atoms with Crippen LogP contribution in [0.1, 0.15) is 16.8 Å². The van der Waals surface area contributed by atoms with Gasteiger partial charge in [-0.3, -0.25) is 0 Å². The van der Waals surface area contributed by atoms with E-state index in [1.165, 1.54) is 6.20 Å². The summed E-state index contributed by atoms with van der Waals surface area (Å²) < 4.78 is 38.9. The van der Waals surface area contributed by atoms with Crippen LogP contribution in [0.5, 0.6) is 0 Å². The molecule has 0 atom stereocenters. The number of alkyl halides is 3. The van der Waals surface area contributed by atoms with Crippen LogP contribution in [0.2, 0.25) is 10.0 Å². The Bertz CT molecular complexity index is 742. The van der Waals surface area contributed by atoms with E-state index in [2.05, 4.69) is 5.10 Å². The van der Waals surface area contributed by atoms with Crippen molar-refractivity contribution >= 4 is 23.2 Å². The molecule has 0 saturated heterocycles. The molecule has 0 fully saturated rings. The van der Waals surface area contributed by atoms with E-state index in [1.54, 1.807) is 12.1 Å². The van der Waals surface area contributed by atoms with E-state index in [-0.39, 0.29) is 27.0 Å². The minimum absolute atomic E-state index is 0.0375. The Hall–Kier alpha value is -2.22. The van der Waals surface area contributed by atoms with Crippen molar-refractivity contribution in [3.63, 3.8) is 0 Å². The first-order valence-corrected chi connectivity index (χ1v) is 6.00. The normalized spacial score (nSPS) is 11.0. The summed E-state index contributed by atoms with van der Waals surface area (Å²) >= 11 is 11.6. The fourth-order valence-electron chi connectivity index (χ4n) is 1.60. The fourth-order valence-corrected chi connectivity index (χ4v) is 2.26. The molecule has 0 unspecified atom stereocenters. The van der Waals surface area contributed by atoms with E-state index < -0.39 is 11.7 Å². The Labute approximate surface area is 126 Å². The van der Waals surface area contributed by atoms with Crippen molar-refractivity contribution in [2.24, 2.45) is 0 Å². The van der Waals surface area contributed by atoms with Crippen LogP contribution in [-0.2, 0) is 6.18 Å². The molecule has 1 heterocycles. The van der Waals surface area contributed by atoms with Gasteiger partial charge in [-0.2, -0.15) is 28.8 Å². The highest BCUT2D eigenvalue weighted by Crippen LogP contribution is 2.37. The Balaban J connectivity index is 2.64. The number of nitriles is 2. The number of hydrogen-bond donors (Lipinski definition) is 0. The van der Waals surface area contributed by atoms with E-state index in [0.29, 0.717) is 12.1 Å². The molecular weight excluding hydrogens is 328 g/mol. The third-order valence-corrected chi connectivity index (χ3v) is 3.09. The smallest absolute Gasteiger partial charge is 0.235 e. The molecule has 2 rings (SSSR count). The number of rotatable bonds is 1. The Morgan fingerprint density at radius 2 is 1.67 bits per heavy atom.